The second kappa shape index (κ2) is 8.89. The SMILES string of the molecule is CCCOc1ccc(OCCOC(=O)Cc2noc3ccccc23)cc1. The van der Waals surface area contributed by atoms with Gasteiger partial charge in [0.25, 0.3) is 0 Å². The molecule has 0 amide bonds. The summed E-state index contributed by atoms with van der Waals surface area (Å²) in [6.07, 6.45) is 1.04. The molecule has 0 aliphatic carbocycles. The van der Waals surface area contributed by atoms with Crippen LogP contribution in [0.1, 0.15) is 19.0 Å². The highest BCUT2D eigenvalue weighted by molar-refractivity contribution is 5.84. The molecule has 0 saturated carbocycles. The zero-order chi connectivity index (χ0) is 18.2. The molecule has 6 nitrogen and oxygen atoms in total. The highest BCUT2D eigenvalue weighted by atomic mass is 16.6. The van der Waals surface area contributed by atoms with Crippen LogP contribution in [0.4, 0.5) is 0 Å². The third-order valence-corrected chi connectivity index (χ3v) is 3.68. The van der Waals surface area contributed by atoms with E-state index in [2.05, 4.69) is 12.1 Å². The first kappa shape index (κ1) is 17.8. The van der Waals surface area contributed by atoms with Crippen LogP contribution in [0.3, 0.4) is 0 Å². The molecule has 1 heterocycles. The van der Waals surface area contributed by atoms with E-state index in [9.17, 15) is 4.79 Å². The van der Waals surface area contributed by atoms with Crippen LogP contribution in [0.25, 0.3) is 11.0 Å². The average molecular weight is 355 g/mol. The van der Waals surface area contributed by atoms with E-state index < -0.39 is 0 Å². The summed E-state index contributed by atoms with van der Waals surface area (Å²) in [6.45, 7) is 3.20. The fourth-order valence-corrected chi connectivity index (χ4v) is 2.42. The number of benzene rings is 2. The Morgan fingerprint density at radius 3 is 2.38 bits per heavy atom. The minimum Gasteiger partial charge on any atom is -0.494 e. The van der Waals surface area contributed by atoms with Crippen molar-refractivity contribution >= 4 is 16.9 Å². The van der Waals surface area contributed by atoms with Crippen LogP contribution in [-0.4, -0.2) is 30.9 Å². The number of hydrogen-bond acceptors (Lipinski definition) is 6. The van der Waals surface area contributed by atoms with Crippen LogP contribution in [-0.2, 0) is 16.0 Å². The Bertz CT molecular complexity index is 841. The fraction of sp³-hybridized carbons (Fsp3) is 0.300. The minimum atomic E-state index is -0.365. The average Bonchev–Trinajstić information content (AvgIpc) is 3.07. The Morgan fingerprint density at radius 1 is 0.962 bits per heavy atom. The van der Waals surface area contributed by atoms with Crippen LogP contribution in [0.2, 0.25) is 0 Å². The quantitative estimate of drug-likeness (QED) is 0.430. The third-order valence-electron chi connectivity index (χ3n) is 3.68. The number of esters is 1. The molecule has 26 heavy (non-hydrogen) atoms. The van der Waals surface area contributed by atoms with Gasteiger partial charge in [-0.1, -0.05) is 24.2 Å². The van der Waals surface area contributed by atoms with Crippen LogP contribution in [0.15, 0.2) is 53.1 Å². The Hall–Kier alpha value is -3.02. The summed E-state index contributed by atoms with van der Waals surface area (Å²) in [4.78, 5) is 11.9. The maximum atomic E-state index is 11.9. The number of carbonyl (C=O) groups excluding carboxylic acids is 1. The maximum absolute atomic E-state index is 11.9. The summed E-state index contributed by atoms with van der Waals surface area (Å²) in [6, 6.07) is 14.8. The molecule has 0 atom stereocenters. The van der Waals surface area contributed by atoms with E-state index in [-0.39, 0.29) is 25.6 Å². The van der Waals surface area contributed by atoms with Crippen molar-refractivity contribution in [2.24, 2.45) is 0 Å². The van der Waals surface area contributed by atoms with Gasteiger partial charge in [-0.2, -0.15) is 0 Å². The standard InChI is InChI=1S/C20H21NO5/c1-2-11-23-15-7-9-16(10-8-15)24-12-13-25-20(22)14-18-17-5-3-4-6-19(17)26-21-18/h3-10H,2,11-14H2,1H3. The summed E-state index contributed by atoms with van der Waals surface area (Å²) in [7, 11) is 0. The van der Waals surface area contributed by atoms with E-state index in [1.807, 2.05) is 48.5 Å². The number of hydrogen-bond donors (Lipinski definition) is 0. The van der Waals surface area contributed by atoms with Crippen molar-refractivity contribution in [3.8, 4) is 11.5 Å². The summed E-state index contributed by atoms with van der Waals surface area (Å²) in [5.41, 5.74) is 1.24. The van der Waals surface area contributed by atoms with Crippen molar-refractivity contribution in [2.75, 3.05) is 19.8 Å². The zero-order valence-electron chi connectivity index (χ0n) is 14.6. The molecule has 3 rings (SSSR count). The van der Waals surface area contributed by atoms with E-state index in [0.717, 1.165) is 17.6 Å². The van der Waals surface area contributed by atoms with Crippen molar-refractivity contribution in [3.05, 3.63) is 54.2 Å². The Morgan fingerprint density at radius 2 is 1.65 bits per heavy atom. The van der Waals surface area contributed by atoms with E-state index in [1.165, 1.54) is 0 Å². The van der Waals surface area contributed by atoms with Gasteiger partial charge >= 0.3 is 5.97 Å². The molecule has 0 unspecified atom stereocenters. The highest BCUT2D eigenvalue weighted by Crippen LogP contribution is 2.19. The molecular weight excluding hydrogens is 334 g/mol. The number of nitrogens with zero attached hydrogens (tertiary/aromatic N) is 1. The highest BCUT2D eigenvalue weighted by Gasteiger charge is 2.12. The van der Waals surface area contributed by atoms with Gasteiger partial charge in [0.2, 0.25) is 0 Å². The predicted molar refractivity (Wildman–Crippen MR) is 96.4 cm³/mol. The van der Waals surface area contributed by atoms with E-state index in [4.69, 9.17) is 18.7 Å². The predicted octanol–water partition coefficient (Wildman–Crippen LogP) is 3.78. The van der Waals surface area contributed by atoms with Gasteiger partial charge in [0.05, 0.1) is 13.0 Å². The van der Waals surface area contributed by atoms with Crippen molar-refractivity contribution < 1.29 is 23.5 Å². The second-order valence-electron chi connectivity index (χ2n) is 5.69. The zero-order valence-corrected chi connectivity index (χ0v) is 14.6. The second-order valence-corrected chi connectivity index (χ2v) is 5.69. The number of rotatable bonds is 9. The third kappa shape index (κ3) is 4.75. The minimum absolute atomic E-state index is 0.0699. The van der Waals surface area contributed by atoms with Crippen molar-refractivity contribution in [3.63, 3.8) is 0 Å². The van der Waals surface area contributed by atoms with Gasteiger partial charge in [-0.05, 0) is 42.8 Å². The van der Waals surface area contributed by atoms with Crippen LogP contribution in [0, 0.1) is 0 Å². The lowest BCUT2D eigenvalue weighted by atomic mass is 10.2. The van der Waals surface area contributed by atoms with Gasteiger partial charge in [-0.25, -0.2) is 0 Å². The lowest BCUT2D eigenvalue weighted by Gasteiger charge is -2.08. The molecule has 0 saturated heterocycles. The van der Waals surface area contributed by atoms with Gasteiger partial charge in [-0.3, -0.25) is 4.79 Å². The van der Waals surface area contributed by atoms with Crippen LogP contribution in [0.5, 0.6) is 11.5 Å². The molecule has 0 aliphatic rings. The molecule has 6 heteroatoms. The molecule has 136 valence electrons. The number of fused-ring (bicyclic) bond motifs is 1. The number of ether oxygens (including phenoxy) is 3. The molecule has 0 aliphatic heterocycles. The topological polar surface area (TPSA) is 70.8 Å². The Kier molecular flexibility index (Phi) is 6.09. The summed E-state index contributed by atoms with van der Waals surface area (Å²) >= 11 is 0. The molecular formula is C20H21NO5. The smallest absolute Gasteiger partial charge is 0.312 e. The van der Waals surface area contributed by atoms with Gasteiger partial charge in [-0.15, -0.1) is 0 Å². The van der Waals surface area contributed by atoms with E-state index >= 15 is 0 Å². The first-order valence-electron chi connectivity index (χ1n) is 8.61. The monoisotopic (exact) mass is 355 g/mol. The molecule has 1 aromatic heterocycles. The lowest BCUT2D eigenvalue weighted by molar-refractivity contribution is -0.143. The molecule has 0 fully saturated rings. The summed E-state index contributed by atoms with van der Waals surface area (Å²) in [5.74, 6) is 1.15. The lowest BCUT2D eigenvalue weighted by Crippen LogP contribution is -2.14. The first-order valence-corrected chi connectivity index (χ1v) is 8.61. The fourth-order valence-electron chi connectivity index (χ4n) is 2.42. The number of para-hydroxylation sites is 1. The van der Waals surface area contributed by atoms with Crippen LogP contribution >= 0.6 is 0 Å². The normalized spacial score (nSPS) is 10.7. The van der Waals surface area contributed by atoms with Gasteiger partial charge in [0, 0.05) is 5.39 Å². The van der Waals surface area contributed by atoms with Gasteiger partial charge in [0.1, 0.15) is 30.4 Å². The molecule has 0 radical (unpaired) electrons. The largest absolute Gasteiger partial charge is 0.494 e. The van der Waals surface area contributed by atoms with Gasteiger partial charge < -0.3 is 18.7 Å². The molecule has 0 N–H and O–H groups in total. The van der Waals surface area contributed by atoms with Gasteiger partial charge in [0.15, 0.2) is 5.58 Å². The first-order chi connectivity index (χ1) is 12.8. The summed E-state index contributed by atoms with van der Waals surface area (Å²) in [5, 5.41) is 4.75. The molecule has 0 spiro atoms. The molecule has 3 aromatic rings. The van der Waals surface area contributed by atoms with Crippen molar-refractivity contribution in [1.82, 2.24) is 5.16 Å². The molecule has 0 bridgehead atoms. The van der Waals surface area contributed by atoms with Crippen molar-refractivity contribution in [1.29, 1.82) is 0 Å². The Balaban J connectivity index is 1.40. The summed E-state index contributed by atoms with van der Waals surface area (Å²) < 4.78 is 21.4. The number of aromatic nitrogens is 1. The Labute approximate surface area is 151 Å². The van der Waals surface area contributed by atoms with Crippen molar-refractivity contribution in [2.45, 2.75) is 19.8 Å². The molecule has 2 aromatic carbocycles. The number of carbonyl (C=O) groups is 1. The van der Waals surface area contributed by atoms with E-state index in [1.54, 1.807) is 0 Å². The van der Waals surface area contributed by atoms with Crippen LogP contribution < -0.4 is 9.47 Å². The van der Waals surface area contributed by atoms with E-state index in [0.29, 0.717) is 23.6 Å². The maximum Gasteiger partial charge on any atom is 0.312 e.